The van der Waals surface area contributed by atoms with E-state index < -0.39 is 24.4 Å². The first-order valence-electron chi connectivity index (χ1n) is 13.2. The maximum atomic E-state index is 14.1. The Hall–Kier alpha value is -0.900. The number of aliphatic hydroxyl groups is 1. The third-order valence-corrected chi connectivity index (χ3v) is 10.4. The molecule has 2 N–H and O–H groups in total. The first-order valence-corrected chi connectivity index (χ1v) is 12.2. The smallest absolute Gasteiger partial charge is 0.303 e. The Kier molecular flexibility index (Phi) is 5.21. The van der Waals surface area contributed by atoms with Crippen LogP contribution in [0.25, 0.3) is 0 Å². The van der Waals surface area contributed by atoms with Crippen LogP contribution in [0.15, 0.2) is 0 Å². The van der Waals surface area contributed by atoms with Crippen molar-refractivity contribution in [3.05, 3.63) is 0 Å². The Labute approximate surface area is 185 Å². The molecule has 4 saturated carbocycles. The van der Waals surface area contributed by atoms with Crippen molar-refractivity contribution < 1.29 is 22.5 Å². The number of Topliss-reactive ketones (excluding diaryl/α,β-unsaturated/α-hetero) is 1. The van der Waals surface area contributed by atoms with Crippen molar-refractivity contribution in [2.75, 3.05) is 0 Å². The highest BCUT2D eigenvalue weighted by Crippen LogP contribution is 2.68. The molecule has 0 radical (unpaired) electrons. The van der Waals surface area contributed by atoms with Gasteiger partial charge >= 0.3 is 5.97 Å². The van der Waals surface area contributed by atoms with Crippen LogP contribution in [0, 0.1) is 52.3 Å². The number of carbonyl (C=O) groups is 2. The van der Waals surface area contributed by atoms with Gasteiger partial charge in [0.05, 0.1) is 6.10 Å². The van der Waals surface area contributed by atoms with Gasteiger partial charge in [-0.15, -0.1) is 0 Å². The molecule has 4 aliphatic carbocycles. The number of carboxylic acids is 1. The quantitative estimate of drug-likeness (QED) is 0.631. The molecule has 0 aliphatic heterocycles. The topological polar surface area (TPSA) is 74.6 Å². The summed E-state index contributed by atoms with van der Waals surface area (Å²) in [6.07, 6.45) is 5.13. The number of aliphatic carboxylic acids is 1. The lowest BCUT2D eigenvalue weighted by Crippen LogP contribution is -2.60. The summed E-state index contributed by atoms with van der Waals surface area (Å²) in [5, 5.41) is 19.6. The Balaban J connectivity index is 1.68. The maximum Gasteiger partial charge on any atom is 0.303 e. The predicted octanol–water partition coefficient (Wildman–Crippen LogP) is 5.32. The molecule has 4 rings (SSSR count). The number of hydrogen-bond acceptors (Lipinski definition) is 3. The Morgan fingerprint density at radius 2 is 1.80 bits per heavy atom. The van der Waals surface area contributed by atoms with E-state index >= 15 is 0 Å². The molecule has 4 nitrogen and oxygen atoms in total. The van der Waals surface area contributed by atoms with Gasteiger partial charge in [-0.05, 0) is 98.2 Å². The molecule has 4 heteroatoms. The van der Waals surface area contributed by atoms with Crippen LogP contribution in [-0.4, -0.2) is 28.1 Å². The minimum Gasteiger partial charge on any atom is -0.481 e. The van der Waals surface area contributed by atoms with E-state index in [9.17, 15) is 14.7 Å². The number of carbonyl (C=O) groups excluding carboxylic acids is 1. The molecular weight excluding hydrogens is 376 g/mol. The first-order chi connectivity index (χ1) is 14.8. The fourth-order valence-corrected chi connectivity index (χ4v) is 8.87. The highest BCUT2D eigenvalue weighted by atomic mass is 16.4. The average Bonchev–Trinajstić information content (AvgIpc) is 3.03. The molecule has 0 aromatic heterocycles. The molecule has 170 valence electrons. The summed E-state index contributed by atoms with van der Waals surface area (Å²) in [5.74, 6) is -0.164. The van der Waals surface area contributed by atoms with Crippen molar-refractivity contribution in [1.82, 2.24) is 0 Å². The van der Waals surface area contributed by atoms with Crippen molar-refractivity contribution in [3.63, 3.8) is 0 Å². The van der Waals surface area contributed by atoms with Gasteiger partial charge in [0, 0.05) is 21.0 Å². The SMILES string of the molecule is [2H]C([2H])(C)C1C(=O)C2C3CC[C@H]([C@H](C)CCC(=O)O)[C@@]3(C)CCC2[C@@]2(C)CC[C@@H](O)C[C@@H]12. The summed E-state index contributed by atoms with van der Waals surface area (Å²) in [5.41, 5.74) is -0.0721. The number of fused-ring (bicyclic) bond motifs is 5. The van der Waals surface area contributed by atoms with E-state index in [1.807, 2.05) is 0 Å². The van der Waals surface area contributed by atoms with Gasteiger partial charge in [-0.3, -0.25) is 9.59 Å². The minimum atomic E-state index is -1.59. The zero-order valence-electron chi connectivity index (χ0n) is 21.2. The number of rotatable bonds is 5. The van der Waals surface area contributed by atoms with Crippen LogP contribution in [-0.2, 0) is 9.59 Å². The van der Waals surface area contributed by atoms with Gasteiger partial charge in [0.25, 0.3) is 0 Å². The van der Waals surface area contributed by atoms with E-state index in [2.05, 4.69) is 20.8 Å². The monoisotopic (exact) mass is 420 g/mol. The molecule has 0 saturated heterocycles. The highest BCUT2D eigenvalue weighted by Gasteiger charge is 2.65. The number of ketones is 1. The summed E-state index contributed by atoms with van der Waals surface area (Å²) < 4.78 is 17.2. The van der Waals surface area contributed by atoms with Gasteiger partial charge in [-0.25, -0.2) is 0 Å². The van der Waals surface area contributed by atoms with E-state index in [1.165, 1.54) is 0 Å². The normalized spacial score (nSPS) is 50.6. The third kappa shape index (κ3) is 3.27. The third-order valence-electron chi connectivity index (χ3n) is 10.4. The Bertz CT molecular complexity index is 763. The predicted molar refractivity (Wildman–Crippen MR) is 117 cm³/mol. The summed E-state index contributed by atoms with van der Waals surface area (Å²) in [7, 11) is 0. The van der Waals surface area contributed by atoms with E-state index in [1.54, 1.807) is 6.92 Å². The fourth-order valence-electron chi connectivity index (χ4n) is 8.87. The van der Waals surface area contributed by atoms with Gasteiger partial charge in [0.2, 0.25) is 0 Å². The van der Waals surface area contributed by atoms with Gasteiger partial charge in [-0.1, -0.05) is 27.7 Å². The lowest BCUT2D eigenvalue weighted by atomic mass is 9.42. The Morgan fingerprint density at radius 3 is 2.47 bits per heavy atom. The van der Waals surface area contributed by atoms with Crippen LogP contribution >= 0.6 is 0 Å². The van der Waals surface area contributed by atoms with E-state index in [0.29, 0.717) is 24.7 Å². The molecular formula is C26H42O4. The minimum absolute atomic E-state index is 0.0249. The standard InChI is InChI=1S/C26H42O4/c1-5-17-21-14-16(27)10-12-26(21,4)20-11-13-25(3)18(15(2)6-9-22(28)29)7-8-19(25)23(20)24(17)30/h15-21,23,27H,5-14H2,1-4H3,(H,28,29)/t15-,16-,17?,18-,19?,20?,21+,23?,25-,26-/m1/s1/i5D2. The van der Waals surface area contributed by atoms with Crippen LogP contribution in [0.4, 0.5) is 0 Å². The average molecular weight is 421 g/mol. The van der Waals surface area contributed by atoms with Gasteiger partial charge in [-0.2, -0.15) is 0 Å². The van der Waals surface area contributed by atoms with Crippen LogP contribution in [0.3, 0.4) is 0 Å². The second kappa shape index (κ2) is 7.90. The number of hydrogen-bond donors (Lipinski definition) is 2. The second-order valence-electron chi connectivity index (χ2n) is 11.6. The largest absolute Gasteiger partial charge is 0.481 e. The lowest BCUT2D eigenvalue weighted by Gasteiger charge is -2.62. The van der Waals surface area contributed by atoms with Crippen LogP contribution < -0.4 is 0 Å². The van der Waals surface area contributed by atoms with Crippen LogP contribution in [0.2, 0.25) is 0 Å². The van der Waals surface area contributed by atoms with Gasteiger partial charge < -0.3 is 10.2 Å². The summed E-state index contributed by atoms with van der Waals surface area (Å²) in [6, 6.07) is 0. The van der Waals surface area contributed by atoms with Gasteiger partial charge in [0.1, 0.15) is 5.78 Å². The number of aliphatic hydroxyl groups excluding tert-OH is 1. The Morgan fingerprint density at radius 1 is 1.13 bits per heavy atom. The maximum absolute atomic E-state index is 14.1. The zero-order chi connectivity index (χ0) is 23.6. The molecule has 4 aliphatic rings. The molecule has 4 unspecified atom stereocenters. The van der Waals surface area contributed by atoms with E-state index in [-0.39, 0.29) is 46.7 Å². The van der Waals surface area contributed by atoms with Crippen molar-refractivity contribution in [2.45, 2.75) is 98.0 Å². The molecule has 4 fully saturated rings. The molecule has 0 bridgehead atoms. The summed E-state index contributed by atoms with van der Waals surface area (Å²) >= 11 is 0. The lowest BCUT2D eigenvalue weighted by molar-refractivity contribution is -0.173. The van der Waals surface area contributed by atoms with Crippen molar-refractivity contribution in [1.29, 1.82) is 0 Å². The molecule has 0 aromatic carbocycles. The first kappa shape index (κ1) is 19.8. The summed E-state index contributed by atoms with van der Waals surface area (Å²) in [4.78, 5) is 25.2. The molecule has 0 aromatic rings. The van der Waals surface area contributed by atoms with Crippen LogP contribution in [0.5, 0.6) is 0 Å². The van der Waals surface area contributed by atoms with E-state index in [4.69, 9.17) is 7.85 Å². The van der Waals surface area contributed by atoms with Gasteiger partial charge in [0.15, 0.2) is 0 Å². The highest BCUT2D eigenvalue weighted by molar-refractivity contribution is 5.86. The fraction of sp³-hybridized carbons (Fsp3) is 0.923. The molecule has 10 atom stereocenters. The molecule has 0 amide bonds. The summed E-state index contributed by atoms with van der Waals surface area (Å²) in [6.45, 7) is 8.37. The number of carboxylic acid groups (broad SMARTS) is 1. The molecule has 30 heavy (non-hydrogen) atoms. The molecule has 0 heterocycles. The zero-order valence-corrected chi connectivity index (χ0v) is 19.2. The second-order valence-corrected chi connectivity index (χ2v) is 11.6. The van der Waals surface area contributed by atoms with Crippen molar-refractivity contribution in [2.24, 2.45) is 52.3 Å². The van der Waals surface area contributed by atoms with E-state index in [0.717, 1.165) is 38.5 Å². The van der Waals surface area contributed by atoms with Crippen molar-refractivity contribution in [3.8, 4) is 0 Å². The van der Waals surface area contributed by atoms with Crippen LogP contribution in [0.1, 0.15) is 94.6 Å². The van der Waals surface area contributed by atoms with Crippen molar-refractivity contribution >= 4 is 11.8 Å². The molecule has 0 spiro atoms.